The minimum atomic E-state index is -0.655. The van der Waals surface area contributed by atoms with E-state index in [2.05, 4.69) is 4.89 Å². The third-order valence-corrected chi connectivity index (χ3v) is 0.778. The molecule has 0 aliphatic rings. The quantitative estimate of drug-likeness (QED) is 0.367. The van der Waals surface area contributed by atoms with Gasteiger partial charge in [0.1, 0.15) is 17.8 Å². The summed E-state index contributed by atoms with van der Waals surface area (Å²) in [6.45, 7) is 6.55. The van der Waals surface area contributed by atoms with Gasteiger partial charge in [-0.3, -0.25) is 9.68 Å². The van der Waals surface area contributed by atoms with Crippen LogP contribution in [0.3, 0.4) is 0 Å². The lowest BCUT2D eigenvalue weighted by molar-refractivity contribution is -0.319. The van der Waals surface area contributed by atoms with Gasteiger partial charge >= 0.3 is 5.97 Å². The van der Waals surface area contributed by atoms with Gasteiger partial charge in [0.05, 0.1) is 0 Å². The molecular weight excluding hydrogens is 160 g/mol. The molecule has 4 heteroatoms. The van der Waals surface area contributed by atoms with Crippen molar-refractivity contribution >= 4 is 11.8 Å². The van der Waals surface area contributed by atoms with Gasteiger partial charge < -0.3 is 0 Å². The summed E-state index contributed by atoms with van der Waals surface area (Å²) in [5.41, 5.74) is -0.535. The van der Waals surface area contributed by atoms with Gasteiger partial charge in [-0.2, -0.15) is 4.89 Å². The van der Waals surface area contributed by atoms with E-state index in [9.17, 15) is 9.59 Å². The summed E-state index contributed by atoms with van der Waals surface area (Å²) in [5.74, 6) is -0.894. The van der Waals surface area contributed by atoms with Crippen LogP contribution in [0, 0.1) is 0 Å². The molecule has 0 unspecified atom stereocenters. The Balaban J connectivity index is 3.65. The van der Waals surface area contributed by atoms with Crippen LogP contribution in [0.25, 0.3) is 0 Å². The van der Waals surface area contributed by atoms with Gasteiger partial charge in [-0.05, 0) is 27.7 Å². The van der Waals surface area contributed by atoms with Crippen LogP contribution < -0.4 is 0 Å². The summed E-state index contributed by atoms with van der Waals surface area (Å²) in [4.78, 5) is 30.2. The number of carbonyl (C=O) groups is 2. The van der Waals surface area contributed by atoms with Crippen molar-refractivity contribution in [3.8, 4) is 0 Å². The van der Waals surface area contributed by atoms with E-state index in [-0.39, 0.29) is 12.2 Å². The molecule has 0 fully saturated rings. The molecule has 0 aromatic heterocycles. The zero-order valence-corrected chi connectivity index (χ0v) is 7.84. The highest BCUT2D eigenvalue weighted by atomic mass is 17.2. The first-order valence-corrected chi connectivity index (χ1v) is 3.69. The molecule has 0 aliphatic carbocycles. The molecule has 0 aromatic rings. The van der Waals surface area contributed by atoms with Crippen LogP contribution in [0.1, 0.15) is 34.1 Å². The first-order valence-electron chi connectivity index (χ1n) is 3.69. The fraction of sp³-hybridized carbons (Fsp3) is 0.750. The number of hydrogen-bond donors (Lipinski definition) is 0. The summed E-state index contributed by atoms with van der Waals surface area (Å²) in [7, 11) is 0. The smallest absolute Gasteiger partial charge is 0.299 e. The SMILES string of the molecule is CC(=O)CC(=O)OOC(C)(C)C. The molecule has 4 nitrogen and oxygen atoms in total. The molecule has 0 aromatic carbocycles. The van der Waals surface area contributed by atoms with Gasteiger partial charge in [-0.1, -0.05) is 0 Å². The molecule has 0 spiro atoms. The molecule has 0 amide bonds. The summed E-state index contributed by atoms with van der Waals surface area (Å²) >= 11 is 0. The van der Waals surface area contributed by atoms with E-state index >= 15 is 0 Å². The van der Waals surface area contributed by atoms with Crippen molar-refractivity contribution in [1.29, 1.82) is 0 Å². The Morgan fingerprint density at radius 1 is 1.25 bits per heavy atom. The Bertz CT molecular complexity index is 178. The van der Waals surface area contributed by atoms with Crippen LogP contribution in [-0.2, 0) is 19.4 Å². The van der Waals surface area contributed by atoms with E-state index in [0.717, 1.165) is 0 Å². The molecule has 0 N–H and O–H groups in total. The summed E-state index contributed by atoms with van der Waals surface area (Å²) in [6.07, 6.45) is -0.240. The maximum atomic E-state index is 10.7. The highest BCUT2D eigenvalue weighted by Gasteiger charge is 2.15. The van der Waals surface area contributed by atoms with E-state index in [1.807, 2.05) is 0 Å². The third kappa shape index (κ3) is 7.21. The van der Waals surface area contributed by atoms with Gasteiger partial charge in [-0.25, -0.2) is 4.79 Å². The first-order chi connectivity index (χ1) is 5.31. The lowest BCUT2D eigenvalue weighted by Gasteiger charge is -2.16. The number of ketones is 1. The average molecular weight is 174 g/mol. The molecule has 0 rings (SSSR count). The van der Waals surface area contributed by atoms with Crippen molar-refractivity contribution in [2.75, 3.05) is 0 Å². The number of hydrogen-bond acceptors (Lipinski definition) is 4. The van der Waals surface area contributed by atoms with Gasteiger partial charge in [-0.15, -0.1) is 0 Å². The Morgan fingerprint density at radius 3 is 2.08 bits per heavy atom. The first kappa shape index (κ1) is 11.1. The predicted molar refractivity (Wildman–Crippen MR) is 42.2 cm³/mol. The van der Waals surface area contributed by atoms with Gasteiger partial charge in [0.15, 0.2) is 0 Å². The number of rotatable bonds is 3. The Kier molecular flexibility index (Phi) is 3.89. The largest absolute Gasteiger partial charge is 0.349 e. The zero-order valence-electron chi connectivity index (χ0n) is 7.84. The lowest BCUT2D eigenvalue weighted by Crippen LogP contribution is -2.22. The molecule has 12 heavy (non-hydrogen) atoms. The minimum Gasteiger partial charge on any atom is -0.299 e. The van der Waals surface area contributed by atoms with Crippen molar-refractivity contribution in [2.24, 2.45) is 0 Å². The molecule has 0 aliphatic heterocycles. The molecule has 0 atom stereocenters. The molecule has 0 saturated carbocycles. The zero-order chi connectivity index (χ0) is 9.78. The normalized spacial score (nSPS) is 11.0. The van der Waals surface area contributed by atoms with E-state index in [0.29, 0.717) is 0 Å². The van der Waals surface area contributed by atoms with Crippen LogP contribution >= 0.6 is 0 Å². The Hall–Kier alpha value is -0.900. The maximum Gasteiger partial charge on any atom is 0.349 e. The van der Waals surface area contributed by atoms with Crippen molar-refractivity contribution in [3.05, 3.63) is 0 Å². The Labute approximate surface area is 71.8 Å². The van der Waals surface area contributed by atoms with E-state index in [1.165, 1.54) is 6.92 Å². The molecule has 70 valence electrons. The fourth-order valence-corrected chi connectivity index (χ4v) is 0.404. The van der Waals surface area contributed by atoms with Crippen LogP contribution in [0.5, 0.6) is 0 Å². The second-order valence-corrected chi connectivity index (χ2v) is 3.53. The number of Topliss-reactive ketones (excluding diaryl/α,β-unsaturated/α-hetero) is 1. The van der Waals surface area contributed by atoms with Crippen LogP contribution in [0.15, 0.2) is 0 Å². The maximum absolute atomic E-state index is 10.7. The molecular formula is C8H14O4. The average Bonchev–Trinajstić information content (AvgIpc) is 1.80. The van der Waals surface area contributed by atoms with Gasteiger partial charge in [0.25, 0.3) is 0 Å². The van der Waals surface area contributed by atoms with Crippen LogP contribution in [-0.4, -0.2) is 17.4 Å². The predicted octanol–water partition coefficient (Wildman–Crippen LogP) is 1.24. The molecule has 0 heterocycles. The highest BCUT2D eigenvalue weighted by Crippen LogP contribution is 2.07. The standard InChI is InChI=1S/C8H14O4/c1-6(9)5-7(10)11-12-8(2,3)4/h5H2,1-4H3. The molecule has 0 radical (unpaired) electrons. The van der Waals surface area contributed by atoms with Crippen molar-refractivity contribution < 1.29 is 19.4 Å². The lowest BCUT2D eigenvalue weighted by atomic mass is 10.2. The van der Waals surface area contributed by atoms with Crippen LogP contribution in [0.4, 0.5) is 0 Å². The topological polar surface area (TPSA) is 52.6 Å². The summed E-state index contributed by atoms with van der Waals surface area (Å²) in [5, 5.41) is 0. The van der Waals surface area contributed by atoms with Crippen molar-refractivity contribution in [3.63, 3.8) is 0 Å². The third-order valence-electron chi connectivity index (χ3n) is 0.778. The van der Waals surface area contributed by atoms with E-state index < -0.39 is 11.6 Å². The highest BCUT2D eigenvalue weighted by molar-refractivity contribution is 5.93. The van der Waals surface area contributed by atoms with Crippen LogP contribution in [0.2, 0.25) is 0 Å². The molecule has 0 saturated heterocycles. The number of carbonyl (C=O) groups excluding carboxylic acids is 2. The monoisotopic (exact) mass is 174 g/mol. The van der Waals surface area contributed by atoms with E-state index in [1.54, 1.807) is 20.8 Å². The van der Waals surface area contributed by atoms with Crippen molar-refractivity contribution in [2.45, 2.75) is 39.7 Å². The summed E-state index contributed by atoms with van der Waals surface area (Å²) in [6, 6.07) is 0. The van der Waals surface area contributed by atoms with Gasteiger partial charge in [0, 0.05) is 0 Å². The fourth-order valence-electron chi connectivity index (χ4n) is 0.404. The second-order valence-electron chi connectivity index (χ2n) is 3.53. The second kappa shape index (κ2) is 4.21. The van der Waals surface area contributed by atoms with E-state index in [4.69, 9.17) is 4.89 Å². The van der Waals surface area contributed by atoms with Gasteiger partial charge in [0.2, 0.25) is 0 Å². The molecule has 0 bridgehead atoms. The minimum absolute atomic E-state index is 0.238. The van der Waals surface area contributed by atoms with Crippen molar-refractivity contribution in [1.82, 2.24) is 0 Å². The Morgan fingerprint density at radius 2 is 1.75 bits per heavy atom. The summed E-state index contributed by atoms with van der Waals surface area (Å²) < 4.78 is 0.